The van der Waals surface area contributed by atoms with Crippen molar-refractivity contribution in [2.75, 3.05) is 18.6 Å². The largest absolute Gasteiger partial charge is 0.316 e. The maximum Gasteiger partial charge on any atom is 0.150 e. The lowest BCUT2D eigenvalue weighted by Crippen LogP contribution is -2.34. The van der Waals surface area contributed by atoms with E-state index in [1.807, 2.05) is 18.4 Å². The van der Waals surface area contributed by atoms with Crippen LogP contribution in [-0.2, 0) is 16.3 Å². The number of sulfone groups is 1. The highest BCUT2D eigenvalue weighted by atomic mass is 32.2. The van der Waals surface area contributed by atoms with Crippen molar-refractivity contribution in [3.05, 3.63) is 21.9 Å². The van der Waals surface area contributed by atoms with E-state index in [-0.39, 0.29) is 5.75 Å². The Kier molecular flexibility index (Phi) is 5.64. The molecule has 1 aliphatic rings. The summed E-state index contributed by atoms with van der Waals surface area (Å²) in [5.74, 6) is 1.14. The SMILES string of the molecule is CCS(=O)(=O)CCCC(NC)C1CCCc2sccc21. The van der Waals surface area contributed by atoms with Crippen LogP contribution in [0.25, 0.3) is 0 Å². The van der Waals surface area contributed by atoms with Gasteiger partial charge in [-0.3, -0.25) is 0 Å². The minimum atomic E-state index is -2.83. The summed E-state index contributed by atoms with van der Waals surface area (Å²) in [5, 5.41) is 5.61. The van der Waals surface area contributed by atoms with Crippen molar-refractivity contribution in [1.29, 1.82) is 0 Å². The summed E-state index contributed by atoms with van der Waals surface area (Å²) in [6.07, 6.45) is 5.39. The average Bonchev–Trinajstić information content (AvgIpc) is 2.92. The molecule has 1 aromatic heterocycles. The van der Waals surface area contributed by atoms with Gasteiger partial charge in [0.15, 0.2) is 0 Å². The second kappa shape index (κ2) is 7.05. The van der Waals surface area contributed by atoms with Crippen LogP contribution in [0.2, 0.25) is 0 Å². The van der Waals surface area contributed by atoms with Crippen LogP contribution in [-0.4, -0.2) is 33.0 Å². The van der Waals surface area contributed by atoms with Gasteiger partial charge in [0, 0.05) is 22.6 Å². The maximum atomic E-state index is 11.6. The normalized spacial score (nSPS) is 20.6. The fourth-order valence-electron chi connectivity index (χ4n) is 3.15. The highest BCUT2D eigenvalue weighted by molar-refractivity contribution is 7.91. The number of fused-ring (bicyclic) bond motifs is 1. The predicted molar refractivity (Wildman–Crippen MR) is 86.4 cm³/mol. The number of nitrogens with one attached hydrogen (secondary N) is 1. The third-order valence-corrected chi connectivity index (χ3v) is 7.15. The fourth-order valence-corrected chi connectivity index (χ4v) is 5.05. The smallest absolute Gasteiger partial charge is 0.150 e. The van der Waals surface area contributed by atoms with Crippen LogP contribution >= 0.6 is 11.3 Å². The Balaban J connectivity index is 1.97. The zero-order valence-corrected chi connectivity index (χ0v) is 14.0. The average molecular weight is 316 g/mol. The molecule has 0 aromatic carbocycles. The van der Waals surface area contributed by atoms with E-state index in [2.05, 4.69) is 16.8 Å². The van der Waals surface area contributed by atoms with Crippen molar-refractivity contribution in [2.24, 2.45) is 0 Å². The molecule has 1 N–H and O–H groups in total. The van der Waals surface area contributed by atoms with E-state index in [9.17, 15) is 8.42 Å². The van der Waals surface area contributed by atoms with Crippen molar-refractivity contribution >= 4 is 21.2 Å². The van der Waals surface area contributed by atoms with Gasteiger partial charge in [-0.2, -0.15) is 0 Å². The van der Waals surface area contributed by atoms with Gasteiger partial charge in [-0.15, -0.1) is 11.3 Å². The Morgan fingerprint density at radius 3 is 3.00 bits per heavy atom. The van der Waals surface area contributed by atoms with Gasteiger partial charge < -0.3 is 5.32 Å². The predicted octanol–water partition coefficient (Wildman–Crippen LogP) is 2.97. The molecule has 0 radical (unpaired) electrons. The van der Waals surface area contributed by atoms with E-state index in [1.165, 1.54) is 29.7 Å². The zero-order valence-electron chi connectivity index (χ0n) is 12.4. The molecule has 0 saturated heterocycles. The standard InChI is InChI=1S/C15H25NO2S2/c1-3-20(17,18)11-5-7-14(16-2)12-6-4-8-15-13(12)9-10-19-15/h9-10,12,14,16H,3-8,11H2,1-2H3. The van der Waals surface area contributed by atoms with Crippen LogP contribution < -0.4 is 5.32 Å². The van der Waals surface area contributed by atoms with E-state index in [4.69, 9.17) is 0 Å². The van der Waals surface area contributed by atoms with Crippen LogP contribution in [0, 0.1) is 0 Å². The van der Waals surface area contributed by atoms with E-state index in [1.54, 1.807) is 6.92 Å². The van der Waals surface area contributed by atoms with Gasteiger partial charge in [-0.1, -0.05) is 6.92 Å². The minimum absolute atomic E-state index is 0.259. The third kappa shape index (κ3) is 3.83. The van der Waals surface area contributed by atoms with Gasteiger partial charge in [-0.05, 0) is 56.2 Å². The Hall–Kier alpha value is -0.390. The van der Waals surface area contributed by atoms with E-state index >= 15 is 0 Å². The molecule has 0 amide bonds. The van der Waals surface area contributed by atoms with E-state index in [0.717, 1.165) is 12.8 Å². The van der Waals surface area contributed by atoms with E-state index in [0.29, 0.717) is 17.7 Å². The lowest BCUT2D eigenvalue weighted by molar-refractivity contribution is 0.393. The first-order valence-electron chi connectivity index (χ1n) is 7.51. The first-order valence-corrected chi connectivity index (χ1v) is 10.2. The Morgan fingerprint density at radius 2 is 2.30 bits per heavy atom. The van der Waals surface area contributed by atoms with Gasteiger partial charge in [0.2, 0.25) is 0 Å². The molecular formula is C15H25NO2S2. The summed E-state index contributed by atoms with van der Waals surface area (Å²) < 4.78 is 23.2. The number of rotatable bonds is 7. The third-order valence-electron chi connectivity index (χ3n) is 4.37. The lowest BCUT2D eigenvalue weighted by atomic mass is 9.81. The zero-order chi connectivity index (χ0) is 14.6. The molecule has 0 bridgehead atoms. The first kappa shape index (κ1) is 16.0. The van der Waals surface area contributed by atoms with Gasteiger partial charge in [0.05, 0.1) is 5.75 Å². The molecule has 114 valence electrons. The monoisotopic (exact) mass is 315 g/mol. The molecule has 20 heavy (non-hydrogen) atoms. The fraction of sp³-hybridized carbons (Fsp3) is 0.733. The summed E-state index contributed by atoms with van der Waals surface area (Å²) >= 11 is 1.87. The summed E-state index contributed by atoms with van der Waals surface area (Å²) in [6.45, 7) is 1.73. The molecule has 5 heteroatoms. The van der Waals surface area contributed by atoms with Crippen LogP contribution in [0.4, 0.5) is 0 Å². The van der Waals surface area contributed by atoms with Crippen LogP contribution in [0.1, 0.15) is 49.0 Å². The molecule has 2 unspecified atom stereocenters. The van der Waals surface area contributed by atoms with E-state index < -0.39 is 9.84 Å². The van der Waals surface area contributed by atoms with Crippen LogP contribution in [0.5, 0.6) is 0 Å². The van der Waals surface area contributed by atoms with Crippen molar-refractivity contribution in [1.82, 2.24) is 5.32 Å². The minimum Gasteiger partial charge on any atom is -0.316 e. The van der Waals surface area contributed by atoms with Crippen molar-refractivity contribution in [3.8, 4) is 0 Å². The molecule has 0 aliphatic heterocycles. The summed E-state index contributed by atoms with van der Waals surface area (Å²) in [6, 6.07) is 2.66. The number of aryl methyl sites for hydroxylation is 1. The highest BCUT2D eigenvalue weighted by Gasteiger charge is 2.27. The Bertz CT molecular complexity index is 522. The molecule has 1 heterocycles. The van der Waals surface area contributed by atoms with Gasteiger partial charge >= 0.3 is 0 Å². The molecular weight excluding hydrogens is 290 g/mol. The van der Waals surface area contributed by atoms with Gasteiger partial charge in [0.25, 0.3) is 0 Å². The topological polar surface area (TPSA) is 46.2 Å². The molecule has 0 spiro atoms. The Morgan fingerprint density at radius 1 is 1.50 bits per heavy atom. The Labute approximate surface area is 126 Å². The number of hydrogen-bond acceptors (Lipinski definition) is 4. The molecule has 2 rings (SSSR count). The van der Waals surface area contributed by atoms with Gasteiger partial charge in [0.1, 0.15) is 9.84 Å². The van der Waals surface area contributed by atoms with Gasteiger partial charge in [-0.25, -0.2) is 8.42 Å². The molecule has 3 nitrogen and oxygen atoms in total. The molecule has 1 aromatic rings. The van der Waals surface area contributed by atoms with Crippen LogP contribution in [0.15, 0.2) is 11.4 Å². The van der Waals surface area contributed by atoms with Crippen molar-refractivity contribution in [3.63, 3.8) is 0 Å². The summed E-state index contributed by atoms with van der Waals surface area (Å²) in [5.41, 5.74) is 1.50. The second-order valence-electron chi connectivity index (χ2n) is 5.57. The number of hydrogen-bond donors (Lipinski definition) is 1. The number of thiophene rings is 1. The second-order valence-corrected chi connectivity index (χ2v) is 9.05. The number of likely N-dealkylation sites (N-methyl/N-ethyl adjacent to an activating group) is 1. The molecule has 2 atom stereocenters. The summed E-state index contributed by atoms with van der Waals surface area (Å²) in [4.78, 5) is 1.53. The molecule has 0 saturated carbocycles. The quantitative estimate of drug-likeness (QED) is 0.841. The maximum absolute atomic E-state index is 11.6. The molecule has 1 aliphatic carbocycles. The van der Waals surface area contributed by atoms with Crippen LogP contribution in [0.3, 0.4) is 0 Å². The highest BCUT2D eigenvalue weighted by Crippen LogP contribution is 2.37. The first-order chi connectivity index (χ1) is 9.57. The molecule has 0 fully saturated rings. The lowest BCUT2D eigenvalue weighted by Gasteiger charge is -2.30. The van der Waals surface area contributed by atoms with Crippen molar-refractivity contribution < 1.29 is 8.42 Å². The van der Waals surface area contributed by atoms with Crippen molar-refractivity contribution in [2.45, 2.75) is 51.0 Å². The summed E-state index contributed by atoms with van der Waals surface area (Å²) in [7, 11) is -0.830.